The highest BCUT2D eigenvalue weighted by atomic mass is 16.2. The number of aromatic nitrogens is 1. The second-order valence-electron chi connectivity index (χ2n) is 5.72. The van der Waals surface area contributed by atoms with Crippen LogP contribution < -0.4 is 11.1 Å². The standard InChI is InChI=1S/C17H25N3O/c1-3-4-7-12(2)20-17(21)15(18)10-13-11-19-16-9-6-5-8-14(13)16/h5-6,8-9,11-12,15,19H,3-4,7,10,18H2,1-2H3,(H,20,21)/t12?,15-/m1/s1. The number of carbonyl (C=O) groups is 1. The number of hydrogen-bond donors (Lipinski definition) is 3. The van der Waals surface area contributed by atoms with Crippen LogP contribution in [0.5, 0.6) is 0 Å². The zero-order chi connectivity index (χ0) is 15.2. The zero-order valence-electron chi connectivity index (χ0n) is 12.9. The summed E-state index contributed by atoms with van der Waals surface area (Å²) in [5, 5.41) is 4.14. The van der Waals surface area contributed by atoms with Crippen molar-refractivity contribution in [3.05, 3.63) is 36.0 Å². The SMILES string of the molecule is CCCCC(C)NC(=O)[C@H](N)Cc1c[nH]c2ccccc12. The van der Waals surface area contributed by atoms with Gasteiger partial charge in [0.1, 0.15) is 0 Å². The Balaban J connectivity index is 1.94. The number of amides is 1. The molecule has 4 nitrogen and oxygen atoms in total. The fraction of sp³-hybridized carbons (Fsp3) is 0.471. The van der Waals surface area contributed by atoms with Gasteiger partial charge in [0.25, 0.3) is 0 Å². The molecule has 0 radical (unpaired) electrons. The van der Waals surface area contributed by atoms with Crippen molar-refractivity contribution in [1.29, 1.82) is 0 Å². The number of nitrogens with one attached hydrogen (secondary N) is 2. The summed E-state index contributed by atoms with van der Waals surface area (Å²) in [6.45, 7) is 4.18. The molecule has 2 rings (SSSR count). The first-order valence-electron chi connectivity index (χ1n) is 7.72. The summed E-state index contributed by atoms with van der Waals surface area (Å²) in [7, 11) is 0. The Morgan fingerprint density at radius 3 is 2.90 bits per heavy atom. The normalized spacial score (nSPS) is 14.0. The average Bonchev–Trinajstić information content (AvgIpc) is 2.88. The van der Waals surface area contributed by atoms with E-state index in [1.165, 1.54) is 0 Å². The Hall–Kier alpha value is -1.81. The maximum Gasteiger partial charge on any atom is 0.237 e. The molecule has 0 fully saturated rings. The van der Waals surface area contributed by atoms with Crippen molar-refractivity contribution in [3.63, 3.8) is 0 Å². The van der Waals surface area contributed by atoms with E-state index in [1.54, 1.807) is 0 Å². The Bertz CT molecular complexity index is 590. The van der Waals surface area contributed by atoms with Crippen molar-refractivity contribution in [2.45, 2.75) is 51.6 Å². The minimum Gasteiger partial charge on any atom is -0.361 e. The van der Waals surface area contributed by atoms with E-state index in [0.29, 0.717) is 6.42 Å². The number of benzene rings is 1. The molecule has 0 aliphatic heterocycles. The molecule has 4 heteroatoms. The van der Waals surface area contributed by atoms with Crippen molar-refractivity contribution in [3.8, 4) is 0 Å². The number of fused-ring (bicyclic) bond motifs is 1. The molecule has 21 heavy (non-hydrogen) atoms. The molecule has 1 aromatic carbocycles. The number of unbranched alkanes of at least 4 members (excludes halogenated alkanes) is 1. The molecule has 2 aromatic rings. The highest BCUT2D eigenvalue weighted by Gasteiger charge is 2.17. The van der Waals surface area contributed by atoms with E-state index in [0.717, 1.165) is 35.7 Å². The summed E-state index contributed by atoms with van der Waals surface area (Å²) in [5.41, 5.74) is 8.22. The molecular formula is C17H25N3O. The Morgan fingerprint density at radius 1 is 1.38 bits per heavy atom. The summed E-state index contributed by atoms with van der Waals surface area (Å²) in [6, 6.07) is 7.75. The summed E-state index contributed by atoms with van der Waals surface area (Å²) >= 11 is 0. The van der Waals surface area contributed by atoms with Crippen LogP contribution in [0, 0.1) is 0 Å². The third-order valence-corrected chi connectivity index (χ3v) is 3.83. The molecule has 0 saturated carbocycles. The molecule has 0 saturated heterocycles. The number of para-hydroxylation sites is 1. The van der Waals surface area contributed by atoms with E-state index >= 15 is 0 Å². The second kappa shape index (κ2) is 7.27. The summed E-state index contributed by atoms with van der Waals surface area (Å²) in [5.74, 6) is -0.0658. The molecule has 1 heterocycles. The van der Waals surface area contributed by atoms with Crippen LogP contribution >= 0.6 is 0 Å². The molecule has 0 spiro atoms. The smallest absolute Gasteiger partial charge is 0.237 e. The Labute approximate surface area is 126 Å². The summed E-state index contributed by atoms with van der Waals surface area (Å²) in [4.78, 5) is 15.3. The van der Waals surface area contributed by atoms with E-state index in [2.05, 4.69) is 23.3 Å². The number of hydrogen-bond acceptors (Lipinski definition) is 2. The molecule has 1 amide bonds. The summed E-state index contributed by atoms with van der Waals surface area (Å²) < 4.78 is 0. The lowest BCUT2D eigenvalue weighted by molar-refractivity contribution is -0.123. The third-order valence-electron chi connectivity index (χ3n) is 3.83. The molecular weight excluding hydrogens is 262 g/mol. The fourth-order valence-electron chi connectivity index (χ4n) is 2.56. The van der Waals surface area contributed by atoms with Crippen LogP contribution in [0.25, 0.3) is 10.9 Å². The van der Waals surface area contributed by atoms with E-state index < -0.39 is 6.04 Å². The van der Waals surface area contributed by atoms with Gasteiger partial charge in [0, 0.05) is 23.1 Å². The van der Waals surface area contributed by atoms with Gasteiger partial charge in [-0.25, -0.2) is 0 Å². The molecule has 0 aliphatic carbocycles. The number of H-pyrrole nitrogens is 1. The first kappa shape index (κ1) is 15.6. The summed E-state index contributed by atoms with van der Waals surface area (Å²) in [6.07, 6.45) is 5.76. The van der Waals surface area contributed by atoms with Gasteiger partial charge in [0.2, 0.25) is 5.91 Å². The molecule has 1 unspecified atom stereocenters. The molecule has 0 bridgehead atoms. The average molecular weight is 287 g/mol. The van der Waals surface area contributed by atoms with E-state index in [9.17, 15) is 4.79 Å². The topological polar surface area (TPSA) is 70.9 Å². The van der Waals surface area contributed by atoms with Crippen LogP contribution in [0.2, 0.25) is 0 Å². The van der Waals surface area contributed by atoms with Gasteiger partial charge >= 0.3 is 0 Å². The molecule has 114 valence electrons. The van der Waals surface area contributed by atoms with Crippen LogP contribution in [-0.2, 0) is 11.2 Å². The van der Waals surface area contributed by atoms with Crippen LogP contribution in [0.4, 0.5) is 0 Å². The largest absolute Gasteiger partial charge is 0.361 e. The zero-order valence-corrected chi connectivity index (χ0v) is 12.9. The maximum absolute atomic E-state index is 12.1. The van der Waals surface area contributed by atoms with Gasteiger partial charge in [-0.3, -0.25) is 4.79 Å². The van der Waals surface area contributed by atoms with Gasteiger partial charge in [-0.1, -0.05) is 38.0 Å². The highest BCUT2D eigenvalue weighted by molar-refractivity contribution is 5.86. The monoisotopic (exact) mass is 287 g/mol. The van der Waals surface area contributed by atoms with Crippen molar-refractivity contribution in [2.75, 3.05) is 0 Å². The van der Waals surface area contributed by atoms with E-state index in [4.69, 9.17) is 5.73 Å². The van der Waals surface area contributed by atoms with Crippen molar-refractivity contribution < 1.29 is 4.79 Å². The lowest BCUT2D eigenvalue weighted by Crippen LogP contribution is -2.45. The Morgan fingerprint density at radius 2 is 2.14 bits per heavy atom. The first-order chi connectivity index (χ1) is 10.1. The number of carbonyl (C=O) groups excluding carboxylic acids is 1. The van der Waals surface area contributed by atoms with Crippen LogP contribution in [0.3, 0.4) is 0 Å². The fourth-order valence-corrected chi connectivity index (χ4v) is 2.56. The minimum atomic E-state index is -0.506. The number of aromatic amines is 1. The second-order valence-corrected chi connectivity index (χ2v) is 5.72. The maximum atomic E-state index is 12.1. The van der Waals surface area contributed by atoms with Crippen molar-refractivity contribution in [1.82, 2.24) is 10.3 Å². The van der Waals surface area contributed by atoms with Gasteiger partial charge in [-0.05, 0) is 31.4 Å². The predicted molar refractivity (Wildman–Crippen MR) is 87.1 cm³/mol. The van der Waals surface area contributed by atoms with Gasteiger partial charge in [0.15, 0.2) is 0 Å². The number of nitrogens with two attached hydrogens (primary N) is 1. The lowest BCUT2D eigenvalue weighted by Gasteiger charge is -2.17. The van der Waals surface area contributed by atoms with Crippen molar-refractivity contribution >= 4 is 16.8 Å². The first-order valence-corrected chi connectivity index (χ1v) is 7.72. The van der Waals surface area contributed by atoms with Gasteiger partial charge in [0.05, 0.1) is 6.04 Å². The quantitative estimate of drug-likeness (QED) is 0.732. The van der Waals surface area contributed by atoms with Gasteiger partial charge in [-0.15, -0.1) is 0 Å². The van der Waals surface area contributed by atoms with E-state index in [-0.39, 0.29) is 11.9 Å². The predicted octanol–water partition coefficient (Wildman–Crippen LogP) is 2.73. The highest BCUT2D eigenvalue weighted by Crippen LogP contribution is 2.18. The van der Waals surface area contributed by atoms with Crippen LogP contribution in [0.1, 0.15) is 38.7 Å². The molecule has 2 atom stereocenters. The van der Waals surface area contributed by atoms with Crippen molar-refractivity contribution in [2.24, 2.45) is 5.73 Å². The Kier molecular flexibility index (Phi) is 5.39. The minimum absolute atomic E-state index is 0.0658. The van der Waals surface area contributed by atoms with Gasteiger partial charge < -0.3 is 16.0 Å². The molecule has 1 aromatic heterocycles. The lowest BCUT2D eigenvalue weighted by atomic mass is 10.0. The molecule has 4 N–H and O–H groups in total. The third kappa shape index (κ3) is 4.08. The van der Waals surface area contributed by atoms with Gasteiger partial charge in [-0.2, -0.15) is 0 Å². The van der Waals surface area contributed by atoms with Crippen LogP contribution in [0.15, 0.2) is 30.5 Å². The molecule has 0 aliphatic rings. The number of rotatable bonds is 7. The van der Waals surface area contributed by atoms with E-state index in [1.807, 2.05) is 31.3 Å². The van der Waals surface area contributed by atoms with Crippen LogP contribution in [-0.4, -0.2) is 23.0 Å².